The minimum absolute atomic E-state index is 0.513. The summed E-state index contributed by atoms with van der Waals surface area (Å²) in [4.78, 5) is 13.5. The summed E-state index contributed by atoms with van der Waals surface area (Å²) in [5, 5.41) is 7.95. The van der Waals surface area contributed by atoms with E-state index in [9.17, 15) is 0 Å². The quantitative estimate of drug-likeness (QED) is 0.642. The van der Waals surface area contributed by atoms with Gasteiger partial charge in [0, 0.05) is 42.2 Å². The molecule has 0 aliphatic heterocycles. The highest BCUT2D eigenvalue weighted by molar-refractivity contribution is 9.10. The SMILES string of the molecule is CCC(c1cc(NCc2cnc(C)nc2)n2ncc(Br)c2n1)C1CCC1. The molecule has 1 atom stereocenters. The molecule has 0 radical (unpaired) electrons. The van der Waals surface area contributed by atoms with E-state index in [1.54, 1.807) is 6.20 Å². The lowest BCUT2D eigenvalue weighted by atomic mass is 9.73. The van der Waals surface area contributed by atoms with E-state index in [0.29, 0.717) is 12.5 Å². The van der Waals surface area contributed by atoms with Gasteiger partial charge in [0.2, 0.25) is 0 Å². The Bertz CT molecular complexity index is 900. The molecular formula is C19H23BrN6. The molecule has 1 aliphatic carbocycles. The maximum absolute atomic E-state index is 4.92. The third-order valence-electron chi connectivity index (χ3n) is 5.30. The van der Waals surface area contributed by atoms with Crippen LogP contribution in [0.4, 0.5) is 5.82 Å². The number of aryl methyl sites for hydroxylation is 1. The molecule has 0 aromatic carbocycles. The van der Waals surface area contributed by atoms with Crippen molar-refractivity contribution in [1.82, 2.24) is 24.6 Å². The van der Waals surface area contributed by atoms with Crippen LogP contribution >= 0.6 is 15.9 Å². The van der Waals surface area contributed by atoms with Gasteiger partial charge in [-0.2, -0.15) is 9.61 Å². The van der Waals surface area contributed by atoms with Gasteiger partial charge in [0.05, 0.1) is 10.7 Å². The zero-order valence-electron chi connectivity index (χ0n) is 15.1. The van der Waals surface area contributed by atoms with Crippen molar-refractivity contribution in [2.45, 2.75) is 52.0 Å². The molecule has 3 heterocycles. The molecule has 0 amide bonds. The predicted molar refractivity (Wildman–Crippen MR) is 105 cm³/mol. The van der Waals surface area contributed by atoms with Crippen molar-refractivity contribution < 1.29 is 0 Å². The van der Waals surface area contributed by atoms with Gasteiger partial charge in [-0.25, -0.2) is 15.0 Å². The van der Waals surface area contributed by atoms with E-state index in [0.717, 1.165) is 45.4 Å². The third kappa shape index (κ3) is 3.32. The molecule has 0 spiro atoms. The van der Waals surface area contributed by atoms with Crippen LogP contribution in [0.2, 0.25) is 0 Å². The third-order valence-corrected chi connectivity index (χ3v) is 5.85. The van der Waals surface area contributed by atoms with Crippen molar-refractivity contribution in [2.75, 3.05) is 5.32 Å². The van der Waals surface area contributed by atoms with E-state index < -0.39 is 0 Å². The van der Waals surface area contributed by atoms with Crippen LogP contribution < -0.4 is 5.32 Å². The van der Waals surface area contributed by atoms with Gasteiger partial charge < -0.3 is 5.32 Å². The Balaban J connectivity index is 1.66. The second-order valence-electron chi connectivity index (χ2n) is 6.99. The summed E-state index contributed by atoms with van der Waals surface area (Å²) in [5.41, 5.74) is 3.07. The van der Waals surface area contributed by atoms with Gasteiger partial charge in [0.15, 0.2) is 5.65 Å². The number of hydrogen-bond donors (Lipinski definition) is 1. The number of fused-ring (bicyclic) bond motifs is 1. The normalized spacial score (nSPS) is 15.8. The first-order valence-electron chi connectivity index (χ1n) is 9.21. The zero-order chi connectivity index (χ0) is 18.1. The van der Waals surface area contributed by atoms with Crippen molar-refractivity contribution in [3.8, 4) is 0 Å². The van der Waals surface area contributed by atoms with Crippen LogP contribution in [0.15, 0.2) is 29.1 Å². The summed E-state index contributed by atoms with van der Waals surface area (Å²) in [6, 6.07) is 2.16. The Hall–Kier alpha value is -2.02. The number of aromatic nitrogens is 5. The van der Waals surface area contributed by atoms with E-state index in [-0.39, 0.29) is 0 Å². The van der Waals surface area contributed by atoms with Crippen molar-refractivity contribution in [3.63, 3.8) is 0 Å². The van der Waals surface area contributed by atoms with E-state index in [1.165, 1.54) is 19.3 Å². The molecule has 3 aromatic rings. The number of halogens is 1. The van der Waals surface area contributed by atoms with Crippen LogP contribution in [0.1, 0.15) is 55.6 Å². The average molecular weight is 415 g/mol. The molecule has 136 valence electrons. The second-order valence-corrected chi connectivity index (χ2v) is 7.85. The second kappa shape index (κ2) is 7.31. The average Bonchev–Trinajstić information content (AvgIpc) is 2.98. The Kier molecular flexibility index (Phi) is 4.89. The smallest absolute Gasteiger partial charge is 0.171 e. The molecule has 1 aliphatic rings. The fourth-order valence-electron chi connectivity index (χ4n) is 3.60. The predicted octanol–water partition coefficient (Wildman–Crippen LogP) is 4.50. The molecule has 1 saturated carbocycles. The standard InChI is InChI=1S/C19H23BrN6/c1-3-15(14-5-4-6-14)17-7-18(26-19(25-17)16(20)11-24-26)23-10-13-8-21-12(2)22-9-13/h7-9,11,14-15,23H,3-6,10H2,1-2H3. The van der Waals surface area contributed by atoms with E-state index >= 15 is 0 Å². The molecule has 1 unspecified atom stereocenters. The van der Waals surface area contributed by atoms with Gasteiger partial charge >= 0.3 is 0 Å². The van der Waals surface area contributed by atoms with E-state index in [2.05, 4.69) is 49.3 Å². The van der Waals surface area contributed by atoms with Crippen molar-refractivity contribution in [2.24, 2.45) is 5.92 Å². The van der Waals surface area contributed by atoms with Crippen LogP contribution in [0.3, 0.4) is 0 Å². The zero-order valence-corrected chi connectivity index (χ0v) is 16.7. The largest absolute Gasteiger partial charge is 0.366 e. The van der Waals surface area contributed by atoms with Gasteiger partial charge in [-0.15, -0.1) is 0 Å². The van der Waals surface area contributed by atoms with Crippen molar-refractivity contribution in [3.05, 3.63) is 46.2 Å². The van der Waals surface area contributed by atoms with Crippen LogP contribution in [0, 0.1) is 12.8 Å². The van der Waals surface area contributed by atoms with Gasteiger partial charge in [-0.1, -0.05) is 13.3 Å². The highest BCUT2D eigenvalue weighted by Gasteiger charge is 2.29. The highest BCUT2D eigenvalue weighted by Crippen LogP contribution is 2.41. The van der Waals surface area contributed by atoms with Gasteiger partial charge in [-0.3, -0.25) is 0 Å². The lowest BCUT2D eigenvalue weighted by molar-refractivity contribution is 0.253. The van der Waals surface area contributed by atoms with Crippen LogP contribution in [0.25, 0.3) is 5.65 Å². The number of anilines is 1. The fraction of sp³-hybridized carbons (Fsp3) is 0.474. The molecule has 1 fully saturated rings. The molecule has 7 heteroatoms. The number of nitrogens with zero attached hydrogens (tertiary/aromatic N) is 5. The van der Waals surface area contributed by atoms with Crippen LogP contribution in [-0.2, 0) is 6.54 Å². The minimum Gasteiger partial charge on any atom is -0.366 e. The number of hydrogen-bond acceptors (Lipinski definition) is 5. The molecule has 4 rings (SSSR count). The Morgan fingerprint density at radius 3 is 2.69 bits per heavy atom. The van der Waals surface area contributed by atoms with Gasteiger partial charge in [0.1, 0.15) is 11.6 Å². The van der Waals surface area contributed by atoms with Crippen molar-refractivity contribution >= 4 is 27.4 Å². The van der Waals surface area contributed by atoms with E-state index in [1.807, 2.05) is 23.8 Å². The monoisotopic (exact) mass is 414 g/mol. The lowest BCUT2D eigenvalue weighted by Crippen LogP contribution is -2.21. The van der Waals surface area contributed by atoms with Crippen LogP contribution in [-0.4, -0.2) is 24.6 Å². The highest BCUT2D eigenvalue weighted by atomic mass is 79.9. The summed E-state index contributed by atoms with van der Waals surface area (Å²) >= 11 is 3.58. The Labute approximate surface area is 161 Å². The molecule has 0 saturated heterocycles. The first-order chi connectivity index (χ1) is 12.7. The molecule has 3 aromatic heterocycles. The topological polar surface area (TPSA) is 68.0 Å². The number of nitrogens with one attached hydrogen (secondary N) is 1. The van der Waals surface area contributed by atoms with Gasteiger partial charge in [0.25, 0.3) is 0 Å². The van der Waals surface area contributed by atoms with Crippen molar-refractivity contribution in [1.29, 1.82) is 0 Å². The molecule has 6 nitrogen and oxygen atoms in total. The van der Waals surface area contributed by atoms with E-state index in [4.69, 9.17) is 4.98 Å². The fourth-order valence-corrected chi connectivity index (χ4v) is 3.95. The molecule has 0 bridgehead atoms. The van der Waals surface area contributed by atoms with Gasteiger partial charge in [-0.05, 0) is 48.0 Å². The molecule has 1 N–H and O–H groups in total. The number of rotatable bonds is 6. The lowest BCUT2D eigenvalue weighted by Gasteiger charge is -2.33. The molecule has 26 heavy (non-hydrogen) atoms. The first-order valence-corrected chi connectivity index (χ1v) is 10.0. The summed E-state index contributed by atoms with van der Waals surface area (Å²) in [6.45, 7) is 4.80. The summed E-state index contributed by atoms with van der Waals surface area (Å²) in [7, 11) is 0. The summed E-state index contributed by atoms with van der Waals surface area (Å²) in [5.74, 6) is 3.01. The maximum Gasteiger partial charge on any atom is 0.171 e. The Morgan fingerprint density at radius 1 is 1.27 bits per heavy atom. The minimum atomic E-state index is 0.513. The molecular weight excluding hydrogens is 392 g/mol. The summed E-state index contributed by atoms with van der Waals surface area (Å²) < 4.78 is 2.78. The Morgan fingerprint density at radius 2 is 2.04 bits per heavy atom. The first kappa shape index (κ1) is 17.4. The maximum atomic E-state index is 4.92. The summed E-state index contributed by atoms with van der Waals surface area (Å²) in [6.07, 6.45) is 10.6. The van der Waals surface area contributed by atoms with Crippen LogP contribution in [0.5, 0.6) is 0 Å².